The van der Waals surface area contributed by atoms with Crippen LogP contribution in [0, 0.1) is 6.92 Å². The first-order valence-electron chi connectivity index (χ1n) is 7.57. The van der Waals surface area contributed by atoms with Gasteiger partial charge in [-0.05, 0) is 55.1 Å². The molecule has 0 saturated heterocycles. The highest BCUT2D eigenvalue weighted by Gasteiger charge is 2.12. The Labute approximate surface area is 127 Å². The Morgan fingerprint density at radius 3 is 2.76 bits per heavy atom. The van der Waals surface area contributed by atoms with Crippen molar-refractivity contribution in [2.45, 2.75) is 32.6 Å². The lowest BCUT2D eigenvalue weighted by Gasteiger charge is -2.17. The molecule has 0 aliphatic heterocycles. The van der Waals surface area contributed by atoms with Gasteiger partial charge in [-0.25, -0.2) is 0 Å². The van der Waals surface area contributed by atoms with Crippen molar-refractivity contribution in [1.82, 2.24) is 4.98 Å². The molecule has 2 aromatic rings. The zero-order valence-electron chi connectivity index (χ0n) is 12.9. The Morgan fingerprint density at radius 1 is 1.29 bits per heavy atom. The van der Waals surface area contributed by atoms with E-state index in [4.69, 9.17) is 10.5 Å². The highest BCUT2D eigenvalue weighted by molar-refractivity contribution is 5.38. The van der Waals surface area contributed by atoms with Crippen molar-refractivity contribution in [3.8, 4) is 5.75 Å². The predicted molar refractivity (Wildman–Crippen MR) is 86.7 cm³/mol. The lowest BCUT2D eigenvalue weighted by molar-refractivity contribution is 0.315. The maximum Gasteiger partial charge on any atom is 0.122 e. The van der Waals surface area contributed by atoms with Gasteiger partial charge in [0.25, 0.3) is 0 Å². The third-order valence-electron chi connectivity index (χ3n) is 3.62. The molecule has 1 heterocycles. The minimum Gasteiger partial charge on any atom is -0.493 e. The fourth-order valence-corrected chi connectivity index (χ4v) is 2.44. The topological polar surface area (TPSA) is 48.1 Å². The van der Waals surface area contributed by atoms with Crippen LogP contribution in [0.3, 0.4) is 0 Å². The number of hydrogen-bond acceptors (Lipinski definition) is 3. The van der Waals surface area contributed by atoms with Gasteiger partial charge in [0, 0.05) is 18.3 Å². The molecular weight excluding hydrogens is 260 g/mol. The van der Waals surface area contributed by atoms with Crippen molar-refractivity contribution in [3.63, 3.8) is 0 Å². The van der Waals surface area contributed by atoms with Crippen molar-refractivity contribution in [1.29, 1.82) is 0 Å². The summed E-state index contributed by atoms with van der Waals surface area (Å²) in [7, 11) is 0. The summed E-state index contributed by atoms with van der Waals surface area (Å²) in [6, 6.07) is 10.5. The first kappa shape index (κ1) is 15.5. The van der Waals surface area contributed by atoms with Gasteiger partial charge in [-0.2, -0.15) is 0 Å². The second kappa shape index (κ2) is 7.79. The number of nitrogens with zero attached hydrogens (tertiary/aromatic N) is 1. The predicted octanol–water partition coefficient (Wildman–Crippen LogP) is 3.46. The van der Waals surface area contributed by atoms with Crippen LogP contribution in [0.15, 0.2) is 42.7 Å². The van der Waals surface area contributed by atoms with Gasteiger partial charge < -0.3 is 10.5 Å². The van der Waals surface area contributed by atoms with Gasteiger partial charge in [-0.3, -0.25) is 4.98 Å². The minimum absolute atomic E-state index is 0.313. The summed E-state index contributed by atoms with van der Waals surface area (Å²) in [5.41, 5.74) is 9.63. The Balaban J connectivity index is 2.13. The molecule has 0 aliphatic carbocycles. The molecule has 0 fully saturated rings. The highest BCUT2D eigenvalue weighted by atomic mass is 16.5. The summed E-state index contributed by atoms with van der Waals surface area (Å²) in [4.78, 5) is 4.17. The average molecular weight is 284 g/mol. The number of aryl methyl sites for hydroxylation is 1. The Morgan fingerprint density at radius 2 is 2.14 bits per heavy atom. The van der Waals surface area contributed by atoms with Crippen molar-refractivity contribution in [2.24, 2.45) is 5.73 Å². The van der Waals surface area contributed by atoms with Crippen LogP contribution in [0.1, 0.15) is 36.0 Å². The molecule has 21 heavy (non-hydrogen) atoms. The maximum atomic E-state index is 5.97. The van der Waals surface area contributed by atoms with E-state index in [-0.39, 0.29) is 0 Å². The van der Waals surface area contributed by atoms with Crippen molar-refractivity contribution in [3.05, 3.63) is 59.4 Å². The second-order valence-corrected chi connectivity index (χ2v) is 5.37. The zero-order valence-corrected chi connectivity index (χ0v) is 12.9. The van der Waals surface area contributed by atoms with E-state index in [9.17, 15) is 0 Å². The van der Waals surface area contributed by atoms with Gasteiger partial charge in [-0.1, -0.05) is 25.1 Å². The molecular formula is C18H24N2O. The number of pyridine rings is 1. The quantitative estimate of drug-likeness (QED) is 0.847. The normalized spacial score (nSPS) is 12.1. The van der Waals surface area contributed by atoms with E-state index in [1.807, 2.05) is 12.3 Å². The number of benzene rings is 1. The molecule has 1 unspecified atom stereocenters. The molecule has 0 aliphatic rings. The maximum absolute atomic E-state index is 5.97. The number of ether oxygens (including phenoxy) is 1. The highest BCUT2D eigenvalue weighted by Crippen LogP contribution is 2.26. The Bertz CT molecular complexity index is 554. The lowest BCUT2D eigenvalue weighted by Crippen LogP contribution is -2.15. The molecule has 2 rings (SSSR count). The van der Waals surface area contributed by atoms with Crippen LogP contribution in [0.4, 0.5) is 0 Å². The smallest absolute Gasteiger partial charge is 0.122 e. The monoisotopic (exact) mass is 284 g/mol. The Hall–Kier alpha value is -1.87. The summed E-state index contributed by atoms with van der Waals surface area (Å²) in [6.07, 6.45) is 5.64. The number of aromatic nitrogens is 1. The zero-order chi connectivity index (χ0) is 15.1. The van der Waals surface area contributed by atoms with Crippen molar-refractivity contribution in [2.75, 3.05) is 13.2 Å². The molecule has 0 bridgehead atoms. The standard InChI is InChI=1S/C18H24N2O/c1-3-9-21-18-7-6-16(10-14(18)2)17(12-19)11-15-5-4-8-20-13-15/h4-8,10,13,17H,3,9,11-12,19H2,1-2H3. The van der Waals surface area contributed by atoms with Crippen LogP contribution in [0.25, 0.3) is 0 Å². The molecule has 3 nitrogen and oxygen atoms in total. The molecule has 0 amide bonds. The molecule has 2 N–H and O–H groups in total. The molecule has 1 atom stereocenters. The van der Waals surface area contributed by atoms with Crippen LogP contribution in [0.2, 0.25) is 0 Å². The number of hydrogen-bond donors (Lipinski definition) is 1. The third kappa shape index (κ3) is 4.30. The minimum atomic E-state index is 0.313. The number of rotatable bonds is 7. The molecule has 0 saturated carbocycles. The summed E-state index contributed by atoms with van der Waals surface area (Å²) in [5, 5.41) is 0. The lowest BCUT2D eigenvalue weighted by atomic mass is 9.91. The van der Waals surface area contributed by atoms with Gasteiger partial charge >= 0.3 is 0 Å². The molecule has 1 aromatic heterocycles. The van der Waals surface area contributed by atoms with Crippen LogP contribution < -0.4 is 10.5 Å². The van der Waals surface area contributed by atoms with Gasteiger partial charge in [0.2, 0.25) is 0 Å². The molecule has 112 valence electrons. The summed E-state index contributed by atoms with van der Waals surface area (Å²) < 4.78 is 5.73. The van der Waals surface area contributed by atoms with Crippen molar-refractivity contribution < 1.29 is 4.74 Å². The number of nitrogens with two attached hydrogens (primary N) is 1. The van der Waals surface area contributed by atoms with Crippen molar-refractivity contribution >= 4 is 0 Å². The summed E-state index contributed by atoms with van der Waals surface area (Å²) in [6.45, 7) is 5.59. The second-order valence-electron chi connectivity index (χ2n) is 5.37. The van der Waals surface area contributed by atoms with Crippen LogP contribution in [0.5, 0.6) is 5.75 Å². The van der Waals surface area contributed by atoms with Gasteiger partial charge in [0.1, 0.15) is 5.75 Å². The largest absolute Gasteiger partial charge is 0.493 e. The van der Waals surface area contributed by atoms with E-state index in [0.29, 0.717) is 12.5 Å². The average Bonchev–Trinajstić information content (AvgIpc) is 2.52. The molecule has 0 spiro atoms. The SMILES string of the molecule is CCCOc1ccc(C(CN)Cc2cccnc2)cc1C. The van der Waals surface area contributed by atoms with E-state index in [1.54, 1.807) is 6.20 Å². The molecule has 0 radical (unpaired) electrons. The van der Waals surface area contributed by atoms with Crippen LogP contribution in [-0.4, -0.2) is 18.1 Å². The molecule has 3 heteroatoms. The van der Waals surface area contributed by atoms with Gasteiger partial charge in [0.05, 0.1) is 6.61 Å². The summed E-state index contributed by atoms with van der Waals surface area (Å²) >= 11 is 0. The fraction of sp³-hybridized carbons (Fsp3) is 0.389. The van der Waals surface area contributed by atoms with Gasteiger partial charge in [0.15, 0.2) is 0 Å². The van der Waals surface area contributed by atoms with E-state index in [1.165, 1.54) is 16.7 Å². The van der Waals surface area contributed by atoms with E-state index < -0.39 is 0 Å². The fourth-order valence-electron chi connectivity index (χ4n) is 2.44. The summed E-state index contributed by atoms with van der Waals surface area (Å²) in [5.74, 6) is 1.28. The van der Waals surface area contributed by atoms with Crippen LogP contribution >= 0.6 is 0 Å². The Kier molecular flexibility index (Phi) is 5.76. The third-order valence-corrected chi connectivity index (χ3v) is 3.62. The first-order valence-corrected chi connectivity index (χ1v) is 7.57. The molecule has 1 aromatic carbocycles. The van der Waals surface area contributed by atoms with E-state index in [2.05, 4.69) is 43.1 Å². The van der Waals surface area contributed by atoms with E-state index >= 15 is 0 Å². The van der Waals surface area contributed by atoms with Gasteiger partial charge in [-0.15, -0.1) is 0 Å². The first-order chi connectivity index (χ1) is 10.2. The van der Waals surface area contributed by atoms with Crippen LogP contribution in [-0.2, 0) is 6.42 Å². The van der Waals surface area contributed by atoms with E-state index in [0.717, 1.165) is 25.2 Å².